The second-order valence-electron chi connectivity index (χ2n) is 7.47. The molecule has 5 N–H and O–H groups in total. The Morgan fingerprint density at radius 2 is 1.80 bits per heavy atom. The van der Waals surface area contributed by atoms with E-state index in [1.807, 2.05) is 55.5 Å². The van der Waals surface area contributed by atoms with E-state index in [4.69, 9.17) is 5.73 Å². The molecule has 3 rings (SSSR count). The summed E-state index contributed by atoms with van der Waals surface area (Å²) < 4.78 is 0. The van der Waals surface area contributed by atoms with Gasteiger partial charge in [-0.25, -0.2) is 4.79 Å². The molecule has 1 heterocycles. The summed E-state index contributed by atoms with van der Waals surface area (Å²) in [6, 6.07) is 13.8. The average Bonchev–Trinajstić information content (AvgIpc) is 3.03. The van der Waals surface area contributed by atoms with Gasteiger partial charge < -0.3 is 16.4 Å². The van der Waals surface area contributed by atoms with Gasteiger partial charge in [0.1, 0.15) is 6.04 Å². The highest BCUT2D eigenvalue weighted by atomic mass is 16.2. The zero-order valence-corrected chi connectivity index (χ0v) is 16.8. The molecule has 3 unspecified atom stereocenters. The van der Waals surface area contributed by atoms with Gasteiger partial charge in [-0.15, -0.1) is 0 Å². The topological polar surface area (TPSA) is 130 Å². The van der Waals surface area contributed by atoms with Crippen LogP contribution in [0, 0.1) is 5.92 Å². The monoisotopic (exact) mass is 408 g/mol. The summed E-state index contributed by atoms with van der Waals surface area (Å²) in [4.78, 5) is 46.5. The zero-order valence-electron chi connectivity index (χ0n) is 16.8. The normalized spacial score (nSPS) is 17.6. The maximum absolute atomic E-state index is 11.9. The summed E-state index contributed by atoms with van der Waals surface area (Å²) in [5, 5.41) is 7.36. The second-order valence-corrected chi connectivity index (χ2v) is 7.47. The first kappa shape index (κ1) is 21.0. The molecule has 0 radical (unpaired) electrons. The largest absolute Gasteiger partial charge is 0.369 e. The number of imide groups is 1. The SMILES string of the molecule is CC(=O)Nc1cccc(-c2ccc(C(C)CC(C(N)=O)C3NC(=O)NC3=O)cc2)c1. The number of hydrogen-bond acceptors (Lipinski definition) is 4. The molecule has 8 nitrogen and oxygen atoms in total. The first-order chi connectivity index (χ1) is 14.2. The molecule has 5 amide bonds. The van der Waals surface area contributed by atoms with E-state index in [1.54, 1.807) is 0 Å². The van der Waals surface area contributed by atoms with E-state index < -0.39 is 29.8 Å². The smallest absolute Gasteiger partial charge is 0.322 e. The number of benzene rings is 2. The Labute approximate surface area is 174 Å². The van der Waals surface area contributed by atoms with Gasteiger partial charge in [-0.05, 0) is 41.2 Å². The number of urea groups is 1. The van der Waals surface area contributed by atoms with Crippen molar-refractivity contribution < 1.29 is 19.2 Å². The number of nitrogens with two attached hydrogens (primary N) is 1. The van der Waals surface area contributed by atoms with Gasteiger partial charge in [0.15, 0.2) is 0 Å². The summed E-state index contributed by atoms with van der Waals surface area (Å²) in [5.41, 5.74) is 9.14. The van der Waals surface area contributed by atoms with Crippen molar-refractivity contribution in [3.8, 4) is 11.1 Å². The summed E-state index contributed by atoms with van der Waals surface area (Å²) >= 11 is 0. The van der Waals surface area contributed by atoms with E-state index in [1.165, 1.54) is 6.92 Å². The number of carbonyl (C=O) groups excluding carboxylic acids is 4. The van der Waals surface area contributed by atoms with Gasteiger partial charge in [0.25, 0.3) is 5.91 Å². The van der Waals surface area contributed by atoms with Gasteiger partial charge in [-0.2, -0.15) is 0 Å². The molecule has 0 saturated carbocycles. The Morgan fingerprint density at radius 3 is 2.37 bits per heavy atom. The third kappa shape index (κ3) is 4.83. The Bertz CT molecular complexity index is 987. The predicted octanol–water partition coefficient (Wildman–Crippen LogP) is 2.12. The summed E-state index contributed by atoms with van der Waals surface area (Å²) in [7, 11) is 0. The van der Waals surface area contributed by atoms with Crippen molar-refractivity contribution in [1.82, 2.24) is 10.6 Å². The molecule has 0 aromatic heterocycles. The summed E-state index contributed by atoms with van der Waals surface area (Å²) in [6.07, 6.45) is 0.324. The van der Waals surface area contributed by atoms with E-state index in [0.29, 0.717) is 6.42 Å². The fourth-order valence-corrected chi connectivity index (χ4v) is 3.63. The van der Waals surface area contributed by atoms with Gasteiger partial charge in [0, 0.05) is 12.6 Å². The molecule has 0 aliphatic carbocycles. The lowest BCUT2D eigenvalue weighted by molar-refractivity contribution is -0.129. The molecule has 3 atom stereocenters. The van der Waals surface area contributed by atoms with E-state index in [-0.39, 0.29) is 11.8 Å². The maximum Gasteiger partial charge on any atom is 0.322 e. The van der Waals surface area contributed by atoms with Gasteiger partial charge in [0.2, 0.25) is 11.8 Å². The number of anilines is 1. The van der Waals surface area contributed by atoms with E-state index in [2.05, 4.69) is 16.0 Å². The summed E-state index contributed by atoms with van der Waals surface area (Å²) in [5.74, 6) is -2.17. The van der Waals surface area contributed by atoms with Crippen molar-refractivity contribution in [1.29, 1.82) is 0 Å². The minimum Gasteiger partial charge on any atom is -0.369 e. The lowest BCUT2D eigenvalue weighted by atomic mass is 9.85. The molecule has 0 bridgehead atoms. The highest BCUT2D eigenvalue weighted by Gasteiger charge is 2.39. The van der Waals surface area contributed by atoms with Crippen molar-refractivity contribution in [2.75, 3.05) is 5.32 Å². The predicted molar refractivity (Wildman–Crippen MR) is 112 cm³/mol. The van der Waals surface area contributed by atoms with Crippen LogP contribution in [0.4, 0.5) is 10.5 Å². The number of nitrogens with one attached hydrogen (secondary N) is 3. The molecular weight excluding hydrogens is 384 g/mol. The van der Waals surface area contributed by atoms with Crippen molar-refractivity contribution >= 4 is 29.4 Å². The van der Waals surface area contributed by atoms with Crippen molar-refractivity contribution in [2.24, 2.45) is 11.7 Å². The van der Waals surface area contributed by atoms with Crippen LogP contribution in [0.1, 0.15) is 31.7 Å². The molecule has 0 spiro atoms. The molecule has 1 saturated heterocycles. The Hall–Kier alpha value is -3.68. The quantitative estimate of drug-likeness (QED) is 0.523. The number of hydrogen-bond donors (Lipinski definition) is 4. The van der Waals surface area contributed by atoms with Crippen molar-refractivity contribution in [2.45, 2.75) is 32.2 Å². The Kier molecular flexibility index (Phi) is 6.15. The van der Waals surface area contributed by atoms with E-state index in [0.717, 1.165) is 22.4 Å². The van der Waals surface area contributed by atoms with Crippen LogP contribution in [0.25, 0.3) is 11.1 Å². The highest BCUT2D eigenvalue weighted by molar-refractivity contribution is 6.06. The highest BCUT2D eigenvalue weighted by Crippen LogP contribution is 2.29. The third-order valence-electron chi connectivity index (χ3n) is 5.18. The third-order valence-corrected chi connectivity index (χ3v) is 5.18. The van der Waals surface area contributed by atoms with Gasteiger partial charge >= 0.3 is 6.03 Å². The number of rotatable bonds is 7. The minimum atomic E-state index is -0.951. The van der Waals surface area contributed by atoms with Crippen LogP contribution in [-0.4, -0.2) is 29.8 Å². The first-order valence-electron chi connectivity index (χ1n) is 9.63. The fraction of sp³-hybridized carbons (Fsp3) is 0.273. The molecule has 30 heavy (non-hydrogen) atoms. The van der Waals surface area contributed by atoms with Crippen molar-refractivity contribution in [3.63, 3.8) is 0 Å². The first-order valence-corrected chi connectivity index (χ1v) is 9.63. The number of primary amides is 1. The molecule has 156 valence electrons. The zero-order chi connectivity index (χ0) is 21.8. The Balaban J connectivity index is 1.74. The molecule has 2 aromatic carbocycles. The molecule has 1 aliphatic heterocycles. The van der Waals surface area contributed by atoms with E-state index >= 15 is 0 Å². The number of carbonyl (C=O) groups is 4. The maximum atomic E-state index is 11.9. The average molecular weight is 408 g/mol. The van der Waals surface area contributed by atoms with Crippen molar-refractivity contribution in [3.05, 3.63) is 54.1 Å². The van der Waals surface area contributed by atoms with Gasteiger partial charge in [-0.3, -0.25) is 19.7 Å². The van der Waals surface area contributed by atoms with Crippen LogP contribution in [-0.2, 0) is 14.4 Å². The van der Waals surface area contributed by atoms with Gasteiger partial charge in [-0.1, -0.05) is 43.3 Å². The molecule has 2 aromatic rings. The molecular formula is C22H24N4O4. The summed E-state index contributed by atoms with van der Waals surface area (Å²) in [6.45, 7) is 3.40. The molecule has 8 heteroatoms. The lowest BCUT2D eigenvalue weighted by Gasteiger charge is -2.22. The molecule has 1 aliphatic rings. The van der Waals surface area contributed by atoms with Crippen LogP contribution in [0.2, 0.25) is 0 Å². The standard InChI is InChI=1S/C22H24N4O4/c1-12(10-18(20(23)28)19-21(29)26-22(30)25-19)14-6-8-15(9-7-14)16-4-3-5-17(11-16)24-13(2)27/h3-9,11-12,18-19H,10H2,1-2H3,(H2,23,28)(H,24,27)(H2,25,26,29,30). The van der Waals surface area contributed by atoms with Crippen LogP contribution < -0.4 is 21.7 Å². The van der Waals surface area contributed by atoms with Crippen LogP contribution in [0.5, 0.6) is 0 Å². The fourth-order valence-electron chi connectivity index (χ4n) is 3.63. The lowest BCUT2D eigenvalue weighted by Crippen LogP contribution is -2.44. The Morgan fingerprint density at radius 1 is 1.10 bits per heavy atom. The van der Waals surface area contributed by atoms with Gasteiger partial charge in [0.05, 0.1) is 5.92 Å². The van der Waals surface area contributed by atoms with Crippen LogP contribution >= 0.6 is 0 Å². The second kappa shape index (κ2) is 8.77. The number of amides is 5. The van der Waals surface area contributed by atoms with Crippen LogP contribution in [0.3, 0.4) is 0 Å². The van der Waals surface area contributed by atoms with Crippen LogP contribution in [0.15, 0.2) is 48.5 Å². The minimum absolute atomic E-state index is 0.0624. The van der Waals surface area contributed by atoms with E-state index in [9.17, 15) is 19.2 Å². The molecule has 1 fully saturated rings.